The smallest absolute Gasteiger partial charge is 0.333 e. The zero-order valence-electron chi connectivity index (χ0n) is 23.6. The number of carbonyl (C=O) groups is 6. The van der Waals surface area contributed by atoms with Gasteiger partial charge in [-0.2, -0.15) is 0 Å². The van der Waals surface area contributed by atoms with Crippen molar-refractivity contribution in [1.82, 2.24) is 9.80 Å². The molecule has 0 radical (unpaired) electrons. The molecule has 0 spiro atoms. The molecule has 4 heterocycles. The van der Waals surface area contributed by atoms with Crippen molar-refractivity contribution in [1.29, 1.82) is 0 Å². The third-order valence-electron chi connectivity index (χ3n) is 8.39. The van der Waals surface area contributed by atoms with Gasteiger partial charge in [0, 0.05) is 0 Å². The summed E-state index contributed by atoms with van der Waals surface area (Å²) in [4.78, 5) is 76.0. The van der Waals surface area contributed by atoms with E-state index in [-0.39, 0.29) is 0 Å². The van der Waals surface area contributed by atoms with Gasteiger partial charge in [-0.25, -0.2) is 26.4 Å². The molecule has 0 aliphatic carbocycles. The predicted molar refractivity (Wildman–Crippen MR) is 139 cm³/mol. The maximum Gasteiger partial charge on any atom is 0.333 e. The number of nitrogens with two attached hydrogens (primary N) is 2. The summed E-state index contributed by atoms with van der Waals surface area (Å²) < 4.78 is 68.7. The van der Waals surface area contributed by atoms with E-state index in [4.69, 9.17) is 30.4 Å². The molecule has 4 fully saturated rings. The first-order valence-electron chi connectivity index (χ1n) is 13.0. The van der Waals surface area contributed by atoms with Crippen LogP contribution in [0.25, 0.3) is 0 Å². The number of nitrogens with zero attached hydrogens (tertiary/aromatic N) is 2. The first-order chi connectivity index (χ1) is 19.8. The van der Waals surface area contributed by atoms with Crippen molar-refractivity contribution in [3.05, 3.63) is 0 Å². The molecular weight excluding hydrogens is 620 g/mol. The van der Waals surface area contributed by atoms with E-state index in [1.54, 1.807) is 0 Å². The number of hydrogen-bond donors (Lipinski definition) is 2. The second kappa shape index (κ2) is 10.7. The van der Waals surface area contributed by atoms with E-state index >= 15 is 0 Å². The topological polar surface area (TPSA) is 266 Å². The minimum absolute atomic E-state index is 0.484. The molecular formula is C23H32N4O14S2. The molecule has 4 aliphatic heterocycles. The van der Waals surface area contributed by atoms with Crippen LogP contribution in [-0.4, -0.2) is 128 Å². The van der Waals surface area contributed by atoms with Crippen molar-refractivity contribution >= 4 is 55.4 Å². The minimum Gasteiger partial charge on any atom is -0.464 e. The molecule has 4 aliphatic rings. The molecule has 0 aromatic heterocycles. The van der Waals surface area contributed by atoms with Crippen LogP contribution in [0.3, 0.4) is 0 Å². The van der Waals surface area contributed by atoms with Gasteiger partial charge in [-0.05, 0) is 27.7 Å². The Kier molecular flexibility index (Phi) is 8.07. The molecule has 4 saturated heterocycles. The summed E-state index contributed by atoms with van der Waals surface area (Å²) in [6.07, 6.45) is 0. The maximum atomic E-state index is 13.2. The van der Waals surface area contributed by atoms with E-state index < -0.39 is 133 Å². The summed E-state index contributed by atoms with van der Waals surface area (Å²) >= 11 is 0. The van der Waals surface area contributed by atoms with Gasteiger partial charge in [-0.3, -0.25) is 19.2 Å². The van der Waals surface area contributed by atoms with Crippen molar-refractivity contribution in [2.45, 2.75) is 60.0 Å². The summed E-state index contributed by atoms with van der Waals surface area (Å²) in [6.45, 7) is 1.65. The van der Waals surface area contributed by atoms with Crippen LogP contribution in [0.1, 0.15) is 27.7 Å². The Hall–Kier alpha value is -3.36. The standard InChI is InChI=1S/C23H32N4O14S2/c1-22(2)14(26-16(30)10(7-38-12(28)5-24)18(26)42(22,34)35)20(32)40-9-41-21(33)15-23(3,4)43(36,37)19-11(17(31)27(15)19)8-39-13(29)6-25/h10-11,14-15,18-19H,5-9,24-25H2,1-4H3/t10-,11-,14-,15-,18+,19+/m0/s1. The van der Waals surface area contributed by atoms with Crippen LogP contribution in [0.5, 0.6) is 0 Å². The molecule has 0 bridgehead atoms. The summed E-state index contributed by atoms with van der Waals surface area (Å²) in [5.74, 6) is -8.24. The van der Waals surface area contributed by atoms with E-state index in [1.165, 1.54) is 27.7 Å². The van der Waals surface area contributed by atoms with Gasteiger partial charge in [-0.1, -0.05) is 0 Å². The highest BCUT2D eigenvalue weighted by Crippen LogP contribution is 2.50. The first kappa shape index (κ1) is 32.6. The van der Waals surface area contributed by atoms with E-state index in [2.05, 4.69) is 0 Å². The number of esters is 4. The Morgan fingerprint density at radius 1 is 0.674 bits per heavy atom. The summed E-state index contributed by atoms with van der Waals surface area (Å²) in [6, 6.07) is -3.28. The van der Waals surface area contributed by atoms with E-state index in [9.17, 15) is 45.6 Å². The van der Waals surface area contributed by atoms with Gasteiger partial charge in [0.25, 0.3) is 0 Å². The fourth-order valence-corrected chi connectivity index (χ4v) is 10.5. The number of sulfone groups is 2. The summed E-state index contributed by atoms with van der Waals surface area (Å²) in [7, 11) is -8.37. The molecule has 0 aromatic rings. The summed E-state index contributed by atoms with van der Waals surface area (Å²) in [5.41, 5.74) is 10.3. The van der Waals surface area contributed by atoms with Crippen molar-refractivity contribution in [2.24, 2.45) is 23.3 Å². The van der Waals surface area contributed by atoms with Crippen LogP contribution in [0, 0.1) is 11.8 Å². The van der Waals surface area contributed by atoms with Gasteiger partial charge in [0.2, 0.25) is 18.6 Å². The fourth-order valence-electron chi connectivity index (χ4n) is 5.87. The molecule has 0 unspecified atom stereocenters. The van der Waals surface area contributed by atoms with Crippen molar-refractivity contribution < 1.29 is 64.6 Å². The molecule has 6 atom stereocenters. The average Bonchev–Trinajstić information content (AvgIpc) is 3.16. The molecule has 4 rings (SSSR count). The SMILES string of the molecule is CC1(C)[C@H](C(=O)OCOC(=O)[C@@H]2N3C(=O)[C@H](COC(=O)CN)[C@H]3S(=O)(=O)C2(C)C)N2C(=O)[C@H](COC(=O)CN)[C@H]2S1(=O)=O. The van der Waals surface area contributed by atoms with E-state index in [0.29, 0.717) is 0 Å². The Balaban J connectivity index is 1.42. The van der Waals surface area contributed by atoms with Gasteiger partial charge < -0.3 is 40.2 Å². The van der Waals surface area contributed by atoms with Gasteiger partial charge in [0.1, 0.15) is 37.1 Å². The minimum atomic E-state index is -4.18. The number of β-lactam (4-membered cyclic amide) rings is 2. The Bertz CT molecular complexity index is 1380. The van der Waals surface area contributed by atoms with Crippen molar-refractivity contribution in [3.8, 4) is 0 Å². The van der Waals surface area contributed by atoms with E-state index in [0.717, 1.165) is 9.80 Å². The first-order valence-corrected chi connectivity index (χ1v) is 16.1. The van der Waals surface area contributed by atoms with Crippen LogP contribution in [0.4, 0.5) is 0 Å². The quantitative estimate of drug-likeness (QED) is 0.0979. The summed E-state index contributed by atoms with van der Waals surface area (Å²) in [5, 5.41) is -2.95. The van der Waals surface area contributed by atoms with Crippen LogP contribution < -0.4 is 11.5 Å². The Morgan fingerprint density at radius 3 is 1.30 bits per heavy atom. The lowest BCUT2D eigenvalue weighted by Crippen LogP contribution is -2.65. The van der Waals surface area contributed by atoms with Gasteiger partial charge >= 0.3 is 23.9 Å². The van der Waals surface area contributed by atoms with Crippen LogP contribution in [0.2, 0.25) is 0 Å². The number of hydrogen-bond acceptors (Lipinski definition) is 16. The normalized spacial score (nSPS) is 32.0. The van der Waals surface area contributed by atoms with Crippen LogP contribution in [0.15, 0.2) is 0 Å². The van der Waals surface area contributed by atoms with Gasteiger partial charge in [-0.15, -0.1) is 0 Å². The van der Waals surface area contributed by atoms with Crippen LogP contribution >= 0.6 is 0 Å². The molecule has 0 saturated carbocycles. The zero-order chi connectivity index (χ0) is 32.4. The molecule has 240 valence electrons. The second-order valence-corrected chi connectivity index (χ2v) is 16.7. The van der Waals surface area contributed by atoms with Gasteiger partial charge in [0.15, 0.2) is 30.4 Å². The maximum absolute atomic E-state index is 13.2. The fraction of sp³-hybridized carbons (Fsp3) is 0.739. The lowest BCUT2D eigenvalue weighted by Gasteiger charge is -2.42. The molecule has 20 heteroatoms. The monoisotopic (exact) mass is 652 g/mol. The molecule has 18 nitrogen and oxygen atoms in total. The van der Waals surface area contributed by atoms with Gasteiger partial charge in [0.05, 0.1) is 22.6 Å². The molecule has 0 aromatic carbocycles. The number of ether oxygens (including phenoxy) is 4. The second-order valence-electron chi connectivity index (χ2n) is 11.4. The highest BCUT2D eigenvalue weighted by Gasteiger charge is 2.74. The van der Waals surface area contributed by atoms with Crippen molar-refractivity contribution in [3.63, 3.8) is 0 Å². The molecule has 4 N–H and O–H groups in total. The number of fused-ring (bicyclic) bond motifs is 2. The zero-order valence-corrected chi connectivity index (χ0v) is 25.2. The van der Waals surface area contributed by atoms with Crippen LogP contribution in [-0.2, 0) is 67.4 Å². The highest BCUT2D eigenvalue weighted by atomic mass is 32.2. The average molecular weight is 653 g/mol. The molecule has 2 amide bonds. The number of carbonyl (C=O) groups excluding carboxylic acids is 6. The lowest BCUT2D eigenvalue weighted by molar-refractivity contribution is -0.185. The van der Waals surface area contributed by atoms with E-state index in [1.807, 2.05) is 0 Å². The van der Waals surface area contributed by atoms with Crippen molar-refractivity contribution in [2.75, 3.05) is 33.1 Å². The largest absolute Gasteiger partial charge is 0.464 e. The third kappa shape index (κ3) is 4.56. The number of amides is 2. The number of rotatable bonds is 10. The Morgan fingerprint density at radius 2 is 1.00 bits per heavy atom. The third-order valence-corrected chi connectivity index (χ3v) is 14.1. The lowest BCUT2D eigenvalue weighted by atomic mass is 9.92. The molecule has 43 heavy (non-hydrogen) atoms. The predicted octanol–water partition coefficient (Wildman–Crippen LogP) is -4.25. The highest BCUT2D eigenvalue weighted by molar-refractivity contribution is 7.94. The Labute approximate surface area is 246 Å².